The Labute approximate surface area is 228 Å². The van der Waals surface area contributed by atoms with Crippen LogP contribution in [0.25, 0.3) is 0 Å². The van der Waals surface area contributed by atoms with E-state index in [1.165, 1.54) is 18.2 Å². The van der Waals surface area contributed by atoms with Crippen molar-refractivity contribution in [1.29, 1.82) is 0 Å². The molecule has 0 radical (unpaired) electrons. The quantitative estimate of drug-likeness (QED) is 0.373. The molecule has 38 heavy (non-hydrogen) atoms. The molecule has 0 aromatic rings. The molecule has 3 saturated carbocycles. The number of carbonyl (C=O) groups excluding carboxylic acids is 2. The highest BCUT2D eigenvalue weighted by Gasteiger charge is 2.73. The Morgan fingerprint density at radius 1 is 1.24 bits per heavy atom. The van der Waals surface area contributed by atoms with E-state index < -0.39 is 52.6 Å². The Morgan fingerprint density at radius 3 is 2.37 bits per heavy atom. The lowest BCUT2D eigenvalue weighted by Gasteiger charge is -2.63. The second kappa shape index (κ2) is 12.5. The van der Waals surface area contributed by atoms with E-state index in [4.69, 9.17) is 9.84 Å². The van der Waals surface area contributed by atoms with Gasteiger partial charge in [-0.2, -0.15) is 0 Å². The Kier molecular flexibility index (Phi) is 10.7. The third kappa shape index (κ3) is 5.55. The topological polar surface area (TPSA) is 80.7 Å². The third-order valence-corrected chi connectivity index (χ3v) is 9.50. The normalized spacial score (nSPS) is 38.9. The van der Waals surface area contributed by atoms with Gasteiger partial charge in [-0.25, -0.2) is 13.2 Å². The fourth-order valence-corrected chi connectivity index (χ4v) is 7.88. The lowest BCUT2D eigenvalue weighted by atomic mass is 9.45. The molecule has 0 bridgehead atoms. The summed E-state index contributed by atoms with van der Waals surface area (Å²) in [6.07, 6.45) is 3.23. The van der Waals surface area contributed by atoms with Crippen molar-refractivity contribution < 1.29 is 37.4 Å². The highest BCUT2D eigenvalue weighted by Crippen LogP contribution is 2.70. The fourth-order valence-electron chi connectivity index (χ4n) is 7.18. The molecule has 5 nitrogen and oxygen atoms in total. The summed E-state index contributed by atoms with van der Waals surface area (Å²) in [4.78, 5) is 34.1. The van der Waals surface area contributed by atoms with Crippen LogP contribution in [0.4, 0.5) is 13.2 Å². The number of alkyl halides is 3. The van der Waals surface area contributed by atoms with Crippen molar-refractivity contribution in [3.63, 3.8) is 0 Å². The second-order valence-corrected chi connectivity index (χ2v) is 12.0. The Hall–Kier alpha value is -1.87. The number of rotatable bonds is 5. The van der Waals surface area contributed by atoms with E-state index in [0.29, 0.717) is 31.0 Å². The molecule has 0 aliphatic heterocycles. The second-order valence-electron chi connectivity index (χ2n) is 11.1. The maximum Gasteiger partial charge on any atom is 0.303 e. The molecule has 1 N–H and O–H groups in total. The minimum atomic E-state index is -1.90. The summed E-state index contributed by atoms with van der Waals surface area (Å²) in [6.45, 7) is 14.9. The van der Waals surface area contributed by atoms with E-state index in [2.05, 4.69) is 13.2 Å². The first-order valence-corrected chi connectivity index (χ1v) is 14.1. The first-order chi connectivity index (χ1) is 17.8. The minimum Gasteiger partial charge on any atom is -0.481 e. The fraction of sp³-hybridized carbons (Fsp3) is 0.690. The molecule has 4 aliphatic rings. The van der Waals surface area contributed by atoms with Crippen molar-refractivity contribution in [2.45, 2.75) is 90.8 Å². The van der Waals surface area contributed by atoms with E-state index in [-0.39, 0.29) is 41.3 Å². The van der Waals surface area contributed by atoms with Gasteiger partial charge in [-0.1, -0.05) is 31.7 Å². The van der Waals surface area contributed by atoms with E-state index in [0.717, 1.165) is 0 Å². The molecule has 0 aromatic carbocycles. The molecule has 4 rings (SSSR count). The Morgan fingerprint density at radius 2 is 1.84 bits per heavy atom. The lowest BCUT2D eigenvalue weighted by Crippen LogP contribution is -2.69. The zero-order chi connectivity index (χ0) is 29.1. The van der Waals surface area contributed by atoms with Gasteiger partial charge in [-0.15, -0.1) is 13.2 Å². The maximum atomic E-state index is 17.5. The molecule has 0 spiro atoms. The van der Waals surface area contributed by atoms with Crippen molar-refractivity contribution in [2.24, 2.45) is 28.6 Å². The monoisotopic (exact) mass is 558 g/mol. The molecule has 214 valence electrons. The molecule has 8 atom stereocenters. The number of carbonyl (C=O) groups is 3. The summed E-state index contributed by atoms with van der Waals surface area (Å²) in [5.74, 6) is -2.33. The van der Waals surface area contributed by atoms with Crippen molar-refractivity contribution >= 4 is 28.6 Å². The van der Waals surface area contributed by atoms with E-state index >= 15 is 8.78 Å². The van der Waals surface area contributed by atoms with Gasteiger partial charge in [-0.05, 0) is 75.5 Å². The van der Waals surface area contributed by atoms with Gasteiger partial charge in [0.05, 0.1) is 12.2 Å². The number of allylic oxidation sites excluding steroid dienone is 4. The lowest BCUT2D eigenvalue weighted by molar-refractivity contribution is -0.225. The van der Waals surface area contributed by atoms with Crippen molar-refractivity contribution in [3.8, 4) is 0 Å². The first-order valence-electron chi connectivity index (χ1n) is 13.1. The molecule has 4 aliphatic carbocycles. The molecule has 0 saturated heterocycles. The number of ether oxygens (including phenoxy) is 1. The minimum absolute atomic E-state index is 0.0333. The molecule has 0 unspecified atom stereocenters. The average molecular weight is 559 g/mol. The zero-order valence-electron chi connectivity index (χ0n) is 23.0. The van der Waals surface area contributed by atoms with Crippen LogP contribution < -0.4 is 0 Å². The number of ketones is 1. The molecule has 0 aromatic heterocycles. The molecule has 9 heteroatoms. The van der Waals surface area contributed by atoms with Crippen LogP contribution in [-0.4, -0.2) is 52.0 Å². The maximum absolute atomic E-state index is 17.5. The van der Waals surface area contributed by atoms with Crippen LogP contribution in [0.5, 0.6) is 0 Å². The van der Waals surface area contributed by atoms with Crippen molar-refractivity contribution in [2.75, 3.05) is 6.01 Å². The zero-order valence-corrected chi connectivity index (χ0v) is 23.8. The van der Waals surface area contributed by atoms with Gasteiger partial charge < -0.3 is 9.84 Å². The highest BCUT2D eigenvalue weighted by molar-refractivity contribution is 8.13. The van der Waals surface area contributed by atoms with Gasteiger partial charge in [0.25, 0.3) is 0 Å². The van der Waals surface area contributed by atoms with Crippen LogP contribution in [0, 0.1) is 28.6 Å². The van der Waals surface area contributed by atoms with E-state index in [9.17, 15) is 18.8 Å². The molecule has 0 heterocycles. The summed E-state index contributed by atoms with van der Waals surface area (Å²) in [6, 6.07) is -0.782. The number of hydrogen-bond acceptors (Lipinski definition) is 5. The van der Waals surface area contributed by atoms with Gasteiger partial charge in [0.1, 0.15) is 12.2 Å². The van der Waals surface area contributed by atoms with Gasteiger partial charge in [0, 0.05) is 23.7 Å². The SMILES string of the molecule is C=C.CC(C)O[C@H]1C[C@]2(C)[C@@H](C(=O)SCF)CC[C@H]2[C@@H]2C[C@H](F)C3=CC(=O)C=C[C@]3(C)[C@@]12F.CCC(=O)O. The number of carboxylic acid groups (broad SMARTS) is 1. The van der Waals surface area contributed by atoms with Gasteiger partial charge in [-0.3, -0.25) is 14.4 Å². The molecular weight excluding hydrogens is 517 g/mol. The smallest absolute Gasteiger partial charge is 0.303 e. The number of fused-ring (bicyclic) bond motifs is 5. The highest BCUT2D eigenvalue weighted by atomic mass is 32.2. The Balaban J connectivity index is 0.000000651. The average Bonchev–Trinajstić information content (AvgIpc) is 3.20. The van der Waals surface area contributed by atoms with E-state index in [1.807, 2.05) is 20.8 Å². The largest absolute Gasteiger partial charge is 0.481 e. The first kappa shape index (κ1) is 32.3. The summed E-state index contributed by atoms with van der Waals surface area (Å²) >= 11 is 0.673. The van der Waals surface area contributed by atoms with Crippen LogP contribution in [0.1, 0.15) is 66.7 Å². The van der Waals surface area contributed by atoms with Crippen LogP contribution in [0.15, 0.2) is 37.0 Å². The van der Waals surface area contributed by atoms with Crippen molar-refractivity contribution in [1.82, 2.24) is 0 Å². The summed E-state index contributed by atoms with van der Waals surface area (Å²) in [5.41, 5.74) is -3.58. The molecule has 3 fully saturated rings. The number of carboxylic acids is 1. The predicted molar refractivity (Wildman–Crippen MR) is 144 cm³/mol. The van der Waals surface area contributed by atoms with Gasteiger partial charge in [0.15, 0.2) is 16.6 Å². The van der Waals surface area contributed by atoms with Crippen LogP contribution in [0.2, 0.25) is 0 Å². The predicted octanol–water partition coefficient (Wildman–Crippen LogP) is 6.82. The number of hydrogen-bond donors (Lipinski definition) is 1. The molecule has 0 amide bonds. The van der Waals surface area contributed by atoms with Gasteiger partial charge in [0.2, 0.25) is 0 Å². The third-order valence-electron chi connectivity index (χ3n) is 8.82. The van der Waals surface area contributed by atoms with E-state index in [1.54, 1.807) is 13.8 Å². The van der Waals surface area contributed by atoms with Gasteiger partial charge >= 0.3 is 5.97 Å². The number of thioether (sulfide) groups is 1. The van der Waals surface area contributed by atoms with Crippen LogP contribution in [0.3, 0.4) is 0 Å². The summed E-state index contributed by atoms with van der Waals surface area (Å²) < 4.78 is 52.0. The van der Waals surface area contributed by atoms with Crippen molar-refractivity contribution in [3.05, 3.63) is 37.0 Å². The number of aliphatic carboxylic acids is 1. The Bertz CT molecular complexity index is 968. The molecular formula is C29H41F3O5S. The van der Waals surface area contributed by atoms with Crippen LogP contribution >= 0.6 is 11.8 Å². The summed E-state index contributed by atoms with van der Waals surface area (Å²) in [7, 11) is 0. The number of halogens is 3. The summed E-state index contributed by atoms with van der Waals surface area (Å²) in [5, 5.41) is 7.52. The standard InChI is InChI=1S/C24H31F3O3S.C3H6O2.C2H4/c1-13(2)30-20-11-22(3)15(5-6-16(22)21(29)31-12-25)17-10-19(26)18-9-14(28)7-8-23(18,4)24(17,20)27;1-2-3(4)5;1-2/h7-9,13,15-17,19-20H,5-6,10-12H2,1-4H3;2H2,1H3,(H,4,5);1-2H2/t15-,16+,17-,19-,20-,22-,23-,24-;;/m0../s1. The van der Waals surface area contributed by atoms with Crippen LogP contribution in [-0.2, 0) is 19.1 Å².